The Hall–Kier alpha value is -1.81. The fourth-order valence-corrected chi connectivity index (χ4v) is 1.90. The average molecular weight is 266 g/mol. The molecule has 0 aliphatic rings. The highest BCUT2D eigenvalue weighted by Crippen LogP contribution is 2.22. The lowest BCUT2D eigenvalue weighted by atomic mass is 10.00. The van der Waals surface area contributed by atoms with Crippen molar-refractivity contribution in [2.75, 3.05) is 0 Å². The van der Waals surface area contributed by atoms with Crippen LogP contribution < -0.4 is 0 Å². The summed E-state index contributed by atoms with van der Waals surface area (Å²) >= 11 is 0. The molecule has 2 aromatic rings. The Morgan fingerprint density at radius 1 is 0.947 bits per heavy atom. The number of aliphatic hydroxyl groups excluding tert-OH is 1. The maximum atomic E-state index is 13.7. The third-order valence-corrected chi connectivity index (χ3v) is 2.93. The molecule has 4 heteroatoms. The van der Waals surface area contributed by atoms with Crippen molar-refractivity contribution in [3.8, 4) is 0 Å². The van der Waals surface area contributed by atoms with Crippen molar-refractivity contribution in [3.05, 3.63) is 70.5 Å². The lowest BCUT2D eigenvalue weighted by Crippen LogP contribution is -2.05. The second-order valence-corrected chi connectivity index (χ2v) is 4.49. The molecule has 0 fully saturated rings. The minimum absolute atomic E-state index is 0.0250. The average Bonchev–Trinajstić information content (AvgIpc) is 2.33. The Morgan fingerprint density at radius 2 is 1.68 bits per heavy atom. The van der Waals surface area contributed by atoms with Crippen LogP contribution in [0.2, 0.25) is 0 Å². The number of hydrogen-bond acceptors (Lipinski definition) is 1. The Labute approximate surface area is 109 Å². The van der Waals surface area contributed by atoms with Crippen LogP contribution >= 0.6 is 0 Å². The van der Waals surface area contributed by atoms with Gasteiger partial charge < -0.3 is 5.11 Å². The van der Waals surface area contributed by atoms with Gasteiger partial charge in [-0.15, -0.1) is 0 Å². The predicted molar refractivity (Wildman–Crippen MR) is 66.2 cm³/mol. The molecule has 0 aliphatic carbocycles. The zero-order valence-electron chi connectivity index (χ0n) is 10.3. The van der Waals surface area contributed by atoms with Gasteiger partial charge in [0.1, 0.15) is 5.82 Å². The molecular formula is C15H13F3O. The zero-order chi connectivity index (χ0) is 14.0. The Morgan fingerprint density at radius 3 is 2.32 bits per heavy atom. The van der Waals surface area contributed by atoms with Gasteiger partial charge in [0, 0.05) is 12.0 Å². The van der Waals surface area contributed by atoms with E-state index in [1.807, 2.05) is 0 Å². The van der Waals surface area contributed by atoms with E-state index in [-0.39, 0.29) is 12.0 Å². The molecule has 0 amide bonds. The normalized spacial score (nSPS) is 12.5. The van der Waals surface area contributed by atoms with Gasteiger partial charge in [-0.25, -0.2) is 13.2 Å². The van der Waals surface area contributed by atoms with Crippen molar-refractivity contribution in [2.45, 2.75) is 19.4 Å². The Kier molecular flexibility index (Phi) is 3.90. The summed E-state index contributed by atoms with van der Waals surface area (Å²) in [5, 5.41) is 9.95. The van der Waals surface area contributed by atoms with Gasteiger partial charge in [-0.05, 0) is 36.2 Å². The number of rotatable bonds is 3. The molecule has 0 aromatic heterocycles. The molecule has 0 bridgehead atoms. The Balaban J connectivity index is 2.20. The van der Waals surface area contributed by atoms with Crippen molar-refractivity contribution < 1.29 is 18.3 Å². The van der Waals surface area contributed by atoms with Gasteiger partial charge in [0.25, 0.3) is 0 Å². The summed E-state index contributed by atoms with van der Waals surface area (Å²) in [6, 6.07) is 7.87. The summed E-state index contributed by atoms with van der Waals surface area (Å²) in [5.74, 6) is -2.43. The molecule has 0 heterocycles. The number of halogens is 3. The molecule has 0 radical (unpaired) electrons. The molecular weight excluding hydrogens is 253 g/mol. The molecule has 2 aromatic carbocycles. The Bertz CT molecular complexity index is 596. The van der Waals surface area contributed by atoms with Crippen LogP contribution in [-0.2, 0) is 6.42 Å². The van der Waals surface area contributed by atoms with E-state index < -0.39 is 23.6 Å². The van der Waals surface area contributed by atoms with E-state index in [9.17, 15) is 18.3 Å². The lowest BCUT2D eigenvalue weighted by Gasteiger charge is -2.12. The molecule has 0 saturated carbocycles. The van der Waals surface area contributed by atoms with Crippen LogP contribution in [0, 0.1) is 24.4 Å². The fourth-order valence-electron chi connectivity index (χ4n) is 1.90. The molecule has 1 atom stereocenters. The highest BCUT2D eigenvalue weighted by Gasteiger charge is 2.14. The lowest BCUT2D eigenvalue weighted by molar-refractivity contribution is 0.173. The van der Waals surface area contributed by atoms with Crippen LogP contribution in [0.1, 0.15) is 22.8 Å². The van der Waals surface area contributed by atoms with Crippen molar-refractivity contribution in [1.82, 2.24) is 0 Å². The molecule has 2 rings (SSSR count). The maximum Gasteiger partial charge on any atom is 0.159 e. The third-order valence-electron chi connectivity index (χ3n) is 2.93. The van der Waals surface area contributed by atoms with E-state index in [0.717, 1.165) is 17.7 Å². The standard InChI is InChI=1S/C15H13F3O/c1-9-2-4-11(13(17)6-9)15(19)8-10-3-5-12(16)14(18)7-10/h2-7,15,19H,8H2,1H3. The van der Waals surface area contributed by atoms with E-state index in [2.05, 4.69) is 0 Å². The first-order valence-corrected chi connectivity index (χ1v) is 5.85. The van der Waals surface area contributed by atoms with Crippen LogP contribution in [0.4, 0.5) is 13.2 Å². The van der Waals surface area contributed by atoms with Gasteiger partial charge in [0.15, 0.2) is 11.6 Å². The summed E-state index contributed by atoms with van der Waals surface area (Å²) in [4.78, 5) is 0. The van der Waals surface area contributed by atoms with Crippen molar-refractivity contribution in [3.63, 3.8) is 0 Å². The van der Waals surface area contributed by atoms with Crippen LogP contribution in [0.5, 0.6) is 0 Å². The van der Waals surface area contributed by atoms with Crippen LogP contribution in [0.15, 0.2) is 36.4 Å². The third kappa shape index (κ3) is 3.15. The first-order valence-electron chi connectivity index (χ1n) is 5.85. The molecule has 0 spiro atoms. The number of aliphatic hydroxyl groups is 1. The molecule has 1 N–H and O–H groups in total. The number of hydrogen-bond donors (Lipinski definition) is 1. The molecule has 0 aliphatic heterocycles. The summed E-state index contributed by atoms with van der Waals surface area (Å²) in [5.41, 5.74) is 1.31. The quantitative estimate of drug-likeness (QED) is 0.898. The predicted octanol–water partition coefficient (Wildman–Crippen LogP) is 3.69. The largest absolute Gasteiger partial charge is 0.388 e. The van der Waals surface area contributed by atoms with Gasteiger partial charge in [0.05, 0.1) is 6.10 Å². The summed E-state index contributed by atoms with van der Waals surface area (Å²) in [6.07, 6.45) is -1.07. The molecule has 1 nitrogen and oxygen atoms in total. The molecule has 100 valence electrons. The summed E-state index contributed by atoms with van der Waals surface area (Å²) < 4.78 is 39.5. The van der Waals surface area contributed by atoms with Gasteiger partial charge in [-0.3, -0.25) is 0 Å². The highest BCUT2D eigenvalue weighted by molar-refractivity contribution is 5.27. The molecule has 1 unspecified atom stereocenters. The summed E-state index contributed by atoms with van der Waals surface area (Å²) in [6.45, 7) is 1.74. The smallest absolute Gasteiger partial charge is 0.159 e. The second kappa shape index (κ2) is 5.45. The van der Waals surface area contributed by atoms with Crippen LogP contribution in [0.25, 0.3) is 0 Å². The highest BCUT2D eigenvalue weighted by atomic mass is 19.2. The number of benzene rings is 2. The fraction of sp³-hybridized carbons (Fsp3) is 0.200. The van der Waals surface area contributed by atoms with Crippen LogP contribution in [0.3, 0.4) is 0 Å². The molecule has 0 saturated heterocycles. The number of aryl methyl sites for hydroxylation is 1. The minimum Gasteiger partial charge on any atom is -0.388 e. The van der Waals surface area contributed by atoms with Crippen molar-refractivity contribution in [1.29, 1.82) is 0 Å². The molecule has 19 heavy (non-hydrogen) atoms. The van der Waals surface area contributed by atoms with Crippen molar-refractivity contribution in [2.24, 2.45) is 0 Å². The SMILES string of the molecule is Cc1ccc(C(O)Cc2ccc(F)c(F)c2)c(F)c1. The second-order valence-electron chi connectivity index (χ2n) is 4.49. The van der Waals surface area contributed by atoms with E-state index >= 15 is 0 Å². The van der Waals surface area contributed by atoms with Gasteiger partial charge in [-0.1, -0.05) is 18.2 Å². The summed E-state index contributed by atoms with van der Waals surface area (Å²) in [7, 11) is 0. The maximum absolute atomic E-state index is 13.7. The zero-order valence-corrected chi connectivity index (χ0v) is 10.3. The monoisotopic (exact) mass is 266 g/mol. The van der Waals surface area contributed by atoms with E-state index in [1.165, 1.54) is 18.2 Å². The van der Waals surface area contributed by atoms with E-state index in [1.54, 1.807) is 13.0 Å². The van der Waals surface area contributed by atoms with E-state index in [4.69, 9.17) is 0 Å². The first-order chi connectivity index (χ1) is 8.97. The first kappa shape index (κ1) is 13.6. The van der Waals surface area contributed by atoms with Crippen molar-refractivity contribution >= 4 is 0 Å². The van der Waals surface area contributed by atoms with E-state index in [0.29, 0.717) is 5.56 Å². The topological polar surface area (TPSA) is 20.2 Å². The van der Waals surface area contributed by atoms with Gasteiger partial charge in [-0.2, -0.15) is 0 Å². The van der Waals surface area contributed by atoms with Gasteiger partial charge in [0.2, 0.25) is 0 Å². The minimum atomic E-state index is -1.09. The van der Waals surface area contributed by atoms with Crippen LogP contribution in [-0.4, -0.2) is 5.11 Å². The van der Waals surface area contributed by atoms with Gasteiger partial charge >= 0.3 is 0 Å².